The number of rotatable bonds is 7. The smallest absolute Gasteiger partial charge is 0.251 e. The van der Waals surface area contributed by atoms with Crippen LogP contribution < -0.4 is 5.32 Å². The fraction of sp³-hybridized carbons (Fsp3) is 0.480. The zero-order chi connectivity index (χ0) is 23.3. The second-order valence-electron chi connectivity index (χ2n) is 8.83. The fourth-order valence-electron chi connectivity index (χ4n) is 4.43. The van der Waals surface area contributed by atoms with E-state index in [-0.39, 0.29) is 10.8 Å². The Labute approximate surface area is 196 Å². The Hall–Kier alpha value is -2.26. The summed E-state index contributed by atoms with van der Waals surface area (Å²) in [6, 6.07) is 13.1. The van der Waals surface area contributed by atoms with Crippen molar-refractivity contribution in [2.24, 2.45) is 0 Å². The molecule has 178 valence electrons. The van der Waals surface area contributed by atoms with Gasteiger partial charge in [-0.2, -0.15) is 4.31 Å². The van der Waals surface area contributed by atoms with Gasteiger partial charge in [0.15, 0.2) is 0 Å². The Morgan fingerprint density at radius 1 is 0.970 bits per heavy atom. The minimum absolute atomic E-state index is 0.142. The number of carbonyl (C=O) groups excluding carboxylic acids is 1. The third kappa shape index (κ3) is 6.00. The second kappa shape index (κ2) is 10.8. The lowest BCUT2D eigenvalue weighted by Crippen LogP contribution is -2.40. The molecule has 2 aromatic carbocycles. The highest BCUT2D eigenvalue weighted by molar-refractivity contribution is 7.89. The summed E-state index contributed by atoms with van der Waals surface area (Å²) in [5, 5.41) is 2.96. The summed E-state index contributed by atoms with van der Waals surface area (Å²) in [6.45, 7) is 6.85. The zero-order valence-corrected chi connectivity index (χ0v) is 20.1. The van der Waals surface area contributed by atoms with Crippen molar-refractivity contribution < 1.29 is 17.9 Å². The molecule has 2 aliphatic rings. The highest BCUT2D eigenvalue weighted by Gasteiger charge is 2.27. The van der Waals surface area contributed by atoms with Crippen molar-refractivity contribution in [2.75, 3.05) is 39.4 Å². The molecule has 0 saturated carbocycles. The number of nitrogens with zero attached hydrogens (tertiary/aromatic N) is 2. The molecule has 0 unspecified atom stereocenters. The predicted octanol–water partition coefficient (Wildman–Crippen LogP) is 2.93. The number of sulfonamides is 1. The van der Waals surface area contributed by atoms with Crippen LogP contribution in [-0.4, -0.2) is 62.9 Å². The molecule has 2 aromatic rings. The number of ether oxygens (including phenoxy) is 1. The zero-order valence-electron chi connectivity index (χ0n) is 19.3. The lowest BCUT2D eigenvalue weighted by molar-refractivity contribution is 0.0730. The summed E-state index contributed by atoms with van der Waals surface area (Å²) >= 11 is 0. The number of hydrogen-bond donors (Lipinski definition) is 1. The Kier molecular flexibility index (Phi) is 7.80. The van der Waals surface area contributed by atoms with Gasteiger partial charge in [-0.25, -0.2) is 8.42 Å². The molecule has 2 aliphatic heterocycles. The Bertz CT molecular complexity index is 1070. The van der Waals surface area contributed by atoms with Crippen LogP contribution in [0.3, 0.4) is 0 Å². The van der Waals surface area contributed by atoms with E-state index < -0.39 is 10.0 Å². The SMILES string of the molecule is Cc1ccc(S(=O)(=O)N2CCOCC2)cc1C(=O)NCc1cccc(CN2CCCCC2)c1. The summed E-state index contributed by atoms with van der Waals surface area (Å²) in [5.41, 5.74) is 3.41. The lowest BCUT2D eigenvalue weighted by atomic mass is 10.1. The minimum Gasteiger partial charge on any atom is -0.379 e. The molecule has 0 atom stereocenters. The first-order valence-corrected chi connectivity index (χ1v) is 13.1. The van der Waals surface area contributed by atoms with E-state index >= 15 is 0 Å². The number of hydrogen-bond acceptors (Lipinski definition) is 5. The first-order valence-electron chi connectivity index (χ1n) is 11.7. The number of piperidine rings is 1. The van der Waals surface area contributed by atoms with Crippen LogP contribution in [0.1, 0.15) is 46.3 Å². The topological polar surface area (TPSA) is 78.9 Å². The normalized spacial score (nSPS) is 18.2. The molecular weight excluding hydrogens is 438 g/mol. The van der Waals surface area contributed by atoms with E-state index in [1.165, 1.54) is 35.2 Å². The van der Waals surface area contributed by atoms with Crippen molar-refractivity contribution >= 4 is 15.9 Å². The van der Waals surface area contributed by atoms with Crippen LogP contribution in [0.5, 0.6) is 0 Å². The number of nitrogens with one attached hydrogen (secondary N) is 1. The highest BCUT2D eigenvalue weighted by Crippen LogP contribution is 2.21. The molecule has 2 saturated heterocycles. The largest absolute Gasteiger partial charge is 0.379 e. The van der Waals surface area contributed by atoms with Crippen LogP contribution in [0.2, 0.25) is 0 Å². The van der Waals surface area contributed by atoms with Gasteiger partial charge < -0.3 is 10.1 Å². The first-order chi connectivity index (χ1) is 15.9. The second-order valence-corrected chi connectivity index (χ2v) is 10.8. The molecule has 7 nitrogen and oxygen atoms in total. The van der Waals surface area contributed by atoms with Gasteiger partial charge in [0.25, 0.3) is 5.91 Å². The lowest BCUT2D eigenvalue weighted by Gasteiger charge is -2.26. The van der Waals surface area contributed by atoms with Crippen LogP contribution in [-0.2, 0) is 27.8 Å². The third-order valence-electron chi connectivity index (χ3n) is 6.36. The highest BCUT2D eigenvalue weighted by atomic mass is 32.2. The third-order valence-corrected chi connectivity index (χ3v) is 8.26. The number of likely N-dealkylation sites (tertiary alicyclic amines) is 1. The molecule has 0 radical (unpaired) electrons. The molecule has 33 heavy (non-hydrogen) atoms. The molecule has 0 aromatic heterocycles. The number of benzene rings is 2. The van der Waals surface area contributed by atoms with Crippen molar-refractivity contribution in [1.29, 1.82) is 0 Å². The van der Waals surface area contributed by atoms with E-state index in [1.54, 1.807) is 12.1 Å². The van der Waals surface area contributed by atoms with Crippen LogP contribution in [0.15, 0.2) is 47.4 Å². The van der Waals surface area contributed by atoms with E-state index in [9.17, 15) is 13.2 Å². The fourth-order valence-corrected chi connectivity index (χ4v) is 5.87. The monoisotopic (exact) mass is 471 g/mol. The average Bonchev–Trinajstić information content (AvgIpc) is 2.84. The molecule has 0 aliphatic carbocycles. The van der Waals surface area contributed by atoms with Gasteiger partial charge in [-0.1, -0.05) is 36.8 Å². The predicted molar refractivity (Wildman–Crippen MR) is 127 cm³/mol. The quantitative estimate of drug-likeness (QED) is 0.672. The number of morpholine rings is 1. The van der Waals surface area contributed by atoms with E-state index in [4.69, 9.17) is 4.74 Å². The van der Waals surface area contributed by atoms with Gasteiger partial charge in [0.05, 0.1) is 18.1 Å². The molecular formula is C25H33N3O4S. The van der Waals surface area contributed by atoms with Gasteiger partial charge >= 0.3 is 0 Å². The van der Waals surface area contributed by atoms with Crippen molar-refractivity contribution in [1.82, 2.24) is 14.5 Å². The average molecular weight is 472 g/mol. The van der Waals surface area contributed by atoms with Gasteiger partial charge in [-0.05, 0) is 61.7 Å². The first kappa shape index (κ1) is 23.9. The number of amides is 1. The van der Waals surface area contributed by atoms with Crippen molar-refractivity contribution in [3.63, 3.8) is 0 Å². The Morgan fingerprint density at radius 3 is 2.45 bits per heavy atom. The van der Waals surface area contributed by atoms with E-state index in [0.717, 1.165) is 30.8 Å². The van der Waals surface area contributed by atoms with E-state index in [2.05, 4.69) is 22.3 Å². The van der Waals surface area contributed by atoms with Crippen molar-refractivity contribution in [3.8, 4) is 0 Å². The van der Waals surface area contributed by atoms with Crippen LogP contribution in [0, 0.1) is 6.92 Å². The van der Waals surface area contributed by atoms with Gasteiger partial charge in [-0.15, -0.1) is 0 Å². The Morgan fingerprint density at radius 2 is 1.70 bits per heavy atom. The molecule has 2 heterocycles. The van der Waals surface area contributed by atoms with E-state index in [1.807, 2.05) is 19.1 Å². The molecule has 2 fully saturated rings. The van der Waals surface area contributed by atoms with Gasteiger partial charge in [0, 0.05) is 31.7 Å². The summed E-state index contributed by atoms with van der Waals surface area (Å²) in [6.07, 6.45) is 3.84. The molecule has 0 bridgehead atoms. The summed E-state index contributed by atoms with van der Waals surface area (Å²) < 4.78 is 32.7. The number of aryl methyl sites for hydroxylation is 1. The molecule has 0 spiro atoms. The van der Waals surface area contributed by atoms with Crippen LogP contribution in [0.25, 0.3) is 0 Å². The maximum absolute atomic E-state index is 13.0. The standard InChI is InChI=1S/C25H33N3O4S/c1-20-8-9-23(33(30,31)28-12-14-32-15-13-28)17-24(20)25(29)26-18-21-6-5-7-22(16-21)19-27-10-3-2-4-11-27/h5-9,16-17H,2-4,10-15,18-19H2,1H3,(H,26,29). The maximum atomic E-state index is 13.0. The van der Waals surface area contributed by atoms with Gasteiger partial charge in [0.2, 0.25) is 10.0 Å². The van der Waals surface area contributed by atoms with Gasteiger partial charge in [0.1, 0.15) is 0 Å². The van der Waals surface area contributed by atoms with Crippen LogP contribution >= 0.6 is 0 Å². The Balaban J connectivity index is 1.42. The van der Waals surface area contributed by atoms with Crippen LogP contribution in [0.4, 0.5) is 0 Å². The minimum atomic E-state index is -3.65. The number of carbonyl (C=O) groups is 1. The maximum Gasteiger partial charge on any atom is 0.251 e. The molecule has 1 N–H and O–H groups in total. The summed E-state index contributed by atoms with van der Waals surface area (Å²) in [7, 11) is -3.65. The summed E-state index contributed by atoms with van der Waals surface area (Å²) in [5.74, 6) is -0.270. The van der Waals surface area contributed by atoms with Crippen molar-refractivity contribution in [2.45, 2.75) is 44.2 Å². The molecule has 8 heteroatoms. The summed E-state index contributed by atoms with van der Waals surface area (Å²) in [4.78, 5) is 15.6. The molecule has 4 rings (SSSR count). The van der Waals surface area contributed by atoms with E-state index in [0.29, 0.717) is 38.4 Å². The van der Waals surface area contributed by atoms with Gasteiger partial charge in [-0.3, -0.25) is 9.69 Å². The van der Waals surface area contributed by atoms with Crippen molar-refractivity contribution in [3.05, 3.63) is 64.7 Å². The molecule has 1 amide bonds.